The molecule has 156 valence electrons. The summed E-state index contributed by atoms with van der Waals surface area (Å²) in [7, 11) is -3.64. The summed E-state index contributed by atoms with van der Waals surface area (Å²) < 4.78 is 31.8. The van der Waals surface area contributed by atoms with Crippen LogP contribution in [-0.4, -0.2) is 64.2 Å². The highest BCUT2D eigenvalue weighted by Crippen LogP contribution is 2.15. The molecule has 1 aromatic carbocycles. The number of nitrogens with two attached hydrogens (primary N) is 1. The molecule has 0 atom stereocenters. The highest BCUT2D eigenvalue weighted by Gasteiger charge is 2.23. The molecule has 1 heterocycles. The lowest BCUT2D eigenvalue weighted by atomic mass is 10.1. The Morgan fingerprint density at radius 2 is 2.11 bits per heavy atom. The van der Waals surface area contributed by atoms with Crippen LogP contribution in [-0.2, 0) is 14.8 Å². The van der Waals surface area contributed by atoms with Crippen LogP contribution in [0, 0.1) is 0 Å². The summed E-state index contributed by atoms with van der Waals surface area (Å²) >= 11 is 5.82. The maximum absolute atomic E-state index is 12.2. The van der Waals surface area contributed by atoms with Gasteiger partial charge in [0.1, 0.15) is 0 Å². The van der Waals surface area contributed by atoms with Gasteiger partial charge < -0.3 is 20.7 Å². The van der Waals surface area contributed by atoms with Gasteiger partial charge in [0.15, 0.2) is 5.96 Å². The number of ether oxygens (including phenoxy) is 1. The van der Waals surface area contributed by atoms with Crippen LogP contribution in [0.2, 0.25) is 5.02 Å². The molecule has 0 saturated carbocycles. The van der Waals surface area contributed by atoms with E-state index in [-0.39, 0.29) is 36.1 Å². The predicted molar refractivity (Wildman–Crippen MR) is 108 cm³/mol. The Labute approximate surface area is 170 Å². The van der Waals surface area contributed by atoms with Gasteiger partial charge in [-0.15, -0.1) is 0 Å². The number of benzene rings is 1. The number of rotatable bonds is 7. The van der Waals surface area contributed by atoms with E-state index in [0.29, 0.717) is 24.7 Å². The lowest BCUT2D eigenvalue weighted by Crippen LogP contribution is -2.48. The minimum absolute atomic E-state index is 0.100. The number of guanidine groups is 1. The monoisotopic (exact) mass is 431 g/mol. The molecule has 1 fully saturated rings. The van der Waals surface area contributed by atoms with E-state index in [0.717, 1.165) is 12.8 Å². The summed E-state index contributed by atoms with van der Waals surface area (Å²) in [4.78, 5) is 17.6. The van der Waals surface area contributed by atoms with Gasteiger partial charge in [0.05, 0.1) is 18.0 Å². The van der Waals surface area contributed by atoms with Crippen LogP contribution in [0.5, 0.6) is 0 Å². The average molecular weight is 432 g/mol. The van der Waals surface area contributed by atoms with Crippen LogP contribution in [0.4, 0.5) is 4.79 Å². The van der Waals surface area contributed by atoms with Crippen molar-refractivity contribution < 1.29 is 17.9 Å². The smallest absolute Gasteiger partial charge is 0.409 e. The van der Waals surface area contributed by atoms with E-state index < -0.39 is 10.0 Å². The second kappa shape index (κ2) is 10.5. The first-order chi connectivity index (χ1) is 13.3. The zero-order chi connectivity index (χ0) is 20.6. The maximum atomic E-state index is 12.2. The van der Waals surface area contributed by atoms with Crippen LogP contribution >= 0.6 is 11.6 Å². The number of aliphatic imine (C=N–C) groups is 1. The lowest BCUT2D eigenvalue weighted by Gasteiger charge is -2.31. The fraction of sp³-hybridized carbons (Fsp3) is 0.529. The van der Waals surface area contributed by atoms with E-state index in [1.165, 1.54) is 12.1 Å². The summed E-state index contributed by atoms with van der Waals surface area (Å²) in [5.74, 6) is 0.247. The summed E-state index contributed by atoms with van der Waals surface area (Å²) in [5.41, 5.74) is 5.87. The lowest BCUT2D eigenvalue weighted by molar-refractivity contribution is 0.0963. The van der Waals surface area contributed by atoms with Crippen LogP contribution in [0.25, 0.3) is 0 Å². The minimum Gasteiger partial charge on any atom is -0.450 e. The number of halogens is 1. The third kappa shape index (κ3) is 6.84. The van der Waals surface area contributed by atoms with Crippen molar-refractivity contribution in [3.8, 4) is 0 Å². The molecule has 1 amide bonds. The number of hydrogen-bond acceptors (Lipinski definition) is 5. The Morgan fingerprint density at radius 3 is 2.75 bits per heavy atom. The molecule has 1 saturated heterocycles. The molecule has 1 aliphatic rings. The summed E-state index contributed by atoms with van der Waals surface area (Å²) in [6.45, 7) is 3.61. The molecule has 1 aromatic rings. The predicted octanol–water partition coefficient (Wildman–Crippen LogP) is 1.14. The van der Waals surface area contributed by atoms with Gasteiger partial charge in [-0.1, -0.05) is 17.7 Å². The van der Waals surface area contributed by atoms with E-state index in [9.17, 15) is 13.2 Å². The quantitative estimate of drug-likeness (QED) is 0.337. The molecule has 0 aliphatic carbocycles. The average Bonchev–Trinajstić information content (AvgIpc) is 2.66. The van der Waals surface area contributed by atoms with Gasteiger partial charge in [0.2, 0.25) is 10.0 Å². The molecule has 4 N–H and O–H groups in total. The molecule has 28 heavy (non-hydrogen) atoms. The summed E-state index contributed by atoms with van der Waals surface area (Å²) in [6.07, 6.45) is 1.17. The van der Waals surface area contributed by atoms with Crippen LogP contribution < -0.4 is 15.8 Å². The third-order valence-electron chi connectivity index (χ3n) is 4.17. The van der Waals surface area contributed by atoms with Crippen molar-refractivity contribution in [1.29, 1.82) is 0 Å². The van der Waals surface area contributed by atoms with E-state index >= 15 is 0 Å². The molecular formula is C17H26ClN5O4S. The van der Waals surface area contributed by atoms with E-state index in [1.54, 1.807) is 24.0 Å². The number of likely N-dealkylation sites (tertiary alicyclic amines) is 1. The SMILES string of the molecule is CCOC(=O)N1CCC(NC(N)=NCCNS(=O)(=O)c2cccc(Cl)c2)CC1. The van der Waals surface area contributed by atoms with Crippen molar-refractivity contribution in [2.75, 3.05) is 32.8 Å². The van der Waals surface area contributed by atoms with Gasteiger partial charge in [0, 0.05) is 30.7 Å². The van der Waals surface area contributed by atoms with Crippen LogP contribution in [0.3, 0.4) is 0 Å². The molecule has 2 rings (SSSR count). The van der Waals surface area contributed by atoms with E-state index in [4.69, 9.17) is 22.1 Å². The number of nitrogens with one attached hydrogen (secondary N) is 2. The molecule has 0 aromatic heterocycles. The van der Waals surface area contributed by atoms with Gasteiger partial charge in [-0.2, -0.15) is 0 Å². The number of amides is 1. The minimum atomic E-state index is -3.64. The number of hydrogen-bond donors (Lipinski definition) is 3. The molecular weight excluding hydrogens is 406 g/mol. The number of carbonyl (C=O) groups is 1. The van der Waals surface area contributed by atoms with Crippen molar-refractivity contribution in [3.63, 3.8) is 0 Å². The molecule has 11 heteroatoms. The standard InChI is InChI=1S/C17H26ClN5O4S/c1-2-27-17(24)23-10-6-14(7-11-23)22-16(19)20-8-9-21-28(25,26)15-5-3-4-13(18)12-15/h3-5,12,14,21H,2,6-11H2,1H3,(H3,19,20,22). The second-order valence-electron chi connectivity index (χ2n) is 6.23. The van der Waals surface area contributed by atoms with Crippen molar-refractivity contribution in [3.05, 3.63) is 29.3 Å². The zero-order valence-electron chi connectivity index (χ0n) is 15.7. The summed E-state index contributed by atoms with van der Waals surface area (Å²) in [5, 5.41) is 3.45. The second-order valence-corrected chi connectivity index (χ2v) is 8.43. The highest BCUT2D eigenvalue weighted by atomic mass is 35.5. The topological polar surface area (TPSA) is 126 Å². The van der Waals surface area contributed by atoms with E-state index in [1.807, 2.05) is 0 Å². The van der Waals surface area contributed by atoms with Crippen molar-refractivity contribution in [1.82, 2.24) is 14.9 Å². The van der Waals surface area contributed by atoms with Gasteiger partial charge in [0.25, 0.3) is 0 Å². The number of nitrogens with zero attached hydrogens (tertiary/aromatic N) is 2. The molecule has 0 bridgehead atoms. The first-order valence-corrected chi connectivity index (χ1v) is 10.9. The van der Waals surface area contributed by atoms with Crippen LogP contribution in [0.1, 0.15) is 19.8 Å². The molecule has 0 spiro atoms. The van der Waals surface area contributed by atoms with Crippen LogP contribution in [0.15, 0.2) is 34.2 Å². The molecule has 9 nitrogen and oxygen atoms in total. The molecule has 0 unspecified atom stereocenters. The first kappa shape index (κ1) is 22.3. The van der Waals surface area contributed by atoms with Crippen molar-refractivity contribution in [2.45, 2.75) is 30.7 Å². The van der Waals surface area contributed by atoms with E-state index in [2.05, 4.69) is 15.0 Å². The van der Waals surface area contributed by atoms with Crippen molar-refractivity contribution >= 4 is 33.7 Å². The van der Waals surface area contributed by atoms with Gasteiger partial charge in [-0.3, -0.25) is 4.99 Å². The molecule has 0 radical (unpaired) electrons. The first-order valence-electron chi connectivity index (χ1n) is 9.05. The maximum Gasteiger partial charge on any atom is 0.409 e. The molecule has 1 aliphatic heterocycles. The highest BCUT2D eigenvalue weighted by molar-refractivity contribution is 7.89. The fourth-order valence-electron chi connectivity index (χ4n) is 2.75. The number of sulfonamides is 1. The number of carbonyl (C=O) groups excluding carboxylic acids is 1. The Kier molecular flexibility index (Phi) is 8.34. The zero-order valence-corrected chi connectivity index (χ0v) is 17.3. The van der Waals surface area contributed by atoms with Gasteiger partial charge in [-0.25, -0.2) is 17.9 Å². The third-order valence-corrected chi connectivity index (χ3v) is 5.86. The van der Waals surface area contributed by atoms with Gasteiger partial charge in [-0.05, 0) is 38.0 Å². The van der Waals surface area contributed by atoms with Crippen molar-refractivity contribution in [2.24, 2.45) is 10.7 Å². The largest absolute Gasteiger partial charge is 0.450 e. The fourth-order valence-corrected chi connectivity index (χ4v) is 4.07. The summed E-state index contributed by atoms with van der Waals surface area (Å²) in [6, 6.07) is 6.14. The van der Waals surface area contributed by atoms with Gasteiger partial charge >= 0.3 is 6.09 Å². The number of piperidine rings is 1. The Morgan fingerprint density at radius 1 is 1.39 bits per heavy atom. The Balaban J connectivity index is 1.73. The normalized spacial score (nSPS) is 16.1. The Hall–Kier alpha value is -2.04. The Bertz CT molecular complexity index is 794.